The molecule has 0 heterocycles. The van der Waals surface area contributed by atoms with Crippen LogP contribution in [-0.4, -0.2) is 35.0 Å². The molecule has 0 aromatic carbocycles. The van der Waals surface area contributed by atoms with Crippen LogP contribution in [0.15, 0.2) is 0 Å². The van der Waals surface area contributed by atoms with Gasteiger partial charge in [0, 0.05) is 24.4 Å². The van der Waals surface area contributed by atoms with E-state index >= 15 is 0 Å². The molecular formula is C15H24N2O4. The molecule has 0 aromatic rings. The molecule has 6 heteroatoms. The van der Waals surface area contributed by atoms with Crippen LogP contribution in [-0.2, 0) is 14.4 Å². The van der Waals surface area contributed by atoms with Crippen molar-refractivity contribution in [3.05, 3.63) is 0 Å². The summed E-state index contributed by atoms with van der Waals surface area (Å²) in [5, 5.41) is 14.5. The fourth-order valence-corrected chi connectivity index (χ4v) is 3.10. The highest BCUT2D eigenvalue weighted by atomic mass is 16.4. The molecule has 0 saturated heterocycles. The molecule has 2 aliphatic rings. The zero-order valence-electron chi connectivity index (χ0n) is 12.4. The Hall–Kier alpha value is -1.59. The van der Waals surface area contributed by atoms with Crippen molar-refractivity contribution in [3.8, 4) is 0 Å². The quantitative estimate of drug-likeness (QED) is 0.682. The Morgan fingerprint density at radius 2 is 1.76 bits per heavy atom. The molecule has 118 valence electrons. The zero-order chi connectivity index (χ0) is 15.4. The molecule has 2 saturated carbocycles. The zero-order valence-corrected chi connectivity index (χ0v) is 12.4. The largest absolute Gasteiger partial charge is 0.481 e. The molecule has 0 radical (unpaired) electrons. The highest BCUT2D eigenvalue weighted by molar-refractivity contribution is 5.81. The lowest BCUT2D eigenvalue weighted by Crippen LogP contribution is -2.48. The summed E-state index contributed by atoms with van der Waals surface area (Å²) in [7, 11) is 0. The van der Waals surface area contributed by atoms with E-state index in [1.807, 2.05) is 6.92 Å². The number of nitrogens with one attached hydrogen (secondary N) is 2. The van der Waals surface area contributed by atoms with Crippen LogP contribution in [0.5, 0.6) is 0 Å². The van der Waals surface area contributed by atoms with Crippen LogP contribution in [0.25, 0.3) is 0 Å². The third kappa shape index (κ3) is 4.44. The lowest BCUT2D eigenvalue weighted by Gasteiger charge is -2.33. The van der Waals surface area contributed by atoms with Crippen LogP contribution in [0.1, 0.15) is 51.9 Å². The molecule has 0 spiro atoms. The van der Waals surface area contributed by atoms with Gasteiger partial charge in [0.1, 0.15) is 0 Å². The second-order valence-corrected chi connectivity index (χ2v) is 6.37. The van der Waals surface area contributed by atoms with Gasteiger partial charge in [-0.25, -0.2) is 0 Å². The monoisotopic (exact) mass is 296 g/mol. The first-order valence-corrected chi connectivity index (χ1v) is 7.78. The highest BCUT2D eigenvalue weighted by Gasteiger charge is 2.35. The normalized spacial score (nSPS) is 26.7. The minimum absolute atomic E-state index is 0.0312. The summed E-state index contributed by atoms with van der Waals surface area (Å²) in [6.45, 7) is 1.83. The van der Waals surface area contributed by atoms with Crippen LogP contribution in [0, 0.1) is 11.8 Å². The minimum atomic E-state index is -0.794. The number of carboxylic acids is 1. The minimum Gasteiger partial charge on any atom is -0.481 e. The van der Waals surface area contributed by atoms with Crippen LogP contribution in [0.2, 0.25) is 0 Å². The first-order chi connectivity index (χ1) is 9.95. The fraction of sp³-hybridized carbons (Fsp3) is 0.800. The summed E-state index contributed by atoms with van der Waals surface area (Å²) >= 11 is 0. The summed E-state index contributed by atoms with van der Waals surface area (Å²) in [6, 6.07) is -0.218. The number of hydrogen-bond acceptors (Lipinski definition) is 3. The SMILES string of the molecule is CC(CC(=O)NC1CC(C(=O)O)C1)NC(=O)C1CCCC1. The van der Waals surface area contributed by atoms with Gasteiger partial charge < -0.3 is 15.7 Å². The van der Waals surface area contributed by atoms with E-state index in [9.17, 15) is 14.4 Å². The van der Waals surface area contributed by atoms with Gasteiger partial charge in [-0.3, -0.25) is 14.4 Å². The van der Waals surface area contributed by atoms with Gasteiger partial charge >= 0.3 is 5.97 Å². The molecule has 2 fully saturated rings. The first kappa shape index (κ1) is 15.8. The molecule has 3 N–H and O–H groups in total. The van der Waals surface area contributed by atoms with Gasteiger partial charge in [0.25, 0.3) is 0 Å². The van der Waals surface area contributed by atoms with Crippen molar-refractivity contribution in [1.29, 1.82) is 0 Å². The Labute approximate surface area is 124 Å². The Kier molecular flexibility index (Phi) is 5.20. The van der Waals surface area contributed by atoms with E-state index in [2.05, 4.69) is 10.6 Å². The molecule has 0 bridgehead atoms. The third-order valence-electron chi connectivity index (χ3n) is 4.46. The summed E-state index contributed by atoms with van der Waals surface area (Å²) in [4.78, 5) is 34.4. The number of carbonyl (C=O) groups is 3. The summed E-state index contributed by atoms with van der Waals surface area (Å²) in [5.41, 5.74) is 0. The summed E-state index contributed by atoms with van der Waals surface area (Å²) in [5.74, 6) is -1.07. The molecule has 1 atom stereocenters. The van der Waals surface area contributed by atoms with Gasteiger partial charge in [0.15, 0.2) is 0 Å². The number of carboxylic acid groups (broad SMARTS) is 1. The molecule has 6 nitrogen and oxygen atoms in total. The number of amides is 2. The van der Waals surface area contributed by atoms with Gasteiger partial charge in [-0.2, -0.15) is 0 Å². The highest BCUT2D eigenvalue weighted by Crippen LogP contribution is 2.27. The van der Waals surface area contributed by atoms with Gasteiger partial charge in [-0.05, 0) is 32.6 Å². The van der Waals surface area contributed by atoms with E-state index in [4.69, 9.17) is 5.11 Å². The van der Waals surface area contributed by atoms with Crippen LogP contribution in [0.4, 0.5) is 0 Å². The van der Waals surface area contributed by atoms with E-state index in [1.165, 1.54) is 0 Å². The second-order valence-electron chi connectivity index (χ2n) is 6.37. The van der Waals surface area contributed by atoms with E-state index in [0.29, 0.717) is 12.8 Å². The first-order valence-electron chi connectivity index (χ1n) is 7.78. The number of aliphatic carboxylic acids is 1. The summed E-state index contributed by atoms with van der Waals surface area (Å²) in [6.07, 6.45) is 5.37. The smallest absolute Gasteiger partial charge is 0.306 e. The Morgan fingerprint density at radius 1 is 1.14 bits per heavy atom. The average molecular weight is 296 g/mol. The van der Waals surface area contributed by atoms with Crippen molar-refractivity contribution >= 4 is 17.8 Å². The van der Waals surface area contributed by atoms with E-state index < -0.39 is 5.97 Å². The predicted molar refractivity (Wildman–Crippen MR) is 76.5 cm³/mol. The molecule has 1 unspecified atom stereocenters. The Balaban J connectivity index is 1.63. The predicted octanol–water partition coefficient (Wildman–Crippen LogP) is 1.05. The van der Waals surface area contributed by atoms with Crippen molar-refractivity contribution < 1.29 is 19.5 Å². The van der Waals surface area contributed by atoms with Crippen molar-refractivity contribution in [2.24, 2.45) is 11.8 Å². The molecule has 21 heavy (non-hydrogen) atoms. The molecule has 2 rings (SSSR count). The second kappa shape index (κ2) is 6.91. The molecular weight excluding hydrogens is 272 g/mol. The average Bonchev–Trinajstić information content (AvgIpc) is 2.86. The van der Waals surface area contributed by atoms with Crippen molar-refractivity contribution in [2.45, 2.75) is 64.0 Å². The lowest BCUT2D eigenvalue weighted by molar-refractivity contribution is -0.146. The van der Waals surface area contributed by atoms with Crippen LogP contribution in [0.3, 0.4) is 0 Å². The fourth-order valence-electron chi connectivity index (χ4n) is 3.10. The van der Waals surface area contributed by atoms with Gasteiger partial charge in [0.2, 0.25) is 11.8 Å². The van der Waals surface area contributed by atoms with E-state index in [0.717, 1.165) is 25.7 Å². The maximum absolute atomic E-state index is 11.9. The van der Waals surface area contributed by atoms with Crippen LogP contribution < -0.4 is 10.6 Å². The van der Waals surface area contributed by atoms with Crippen molar-refractivity contribution in [1.82, 2.24) is 10.6 Å². The Bertz CT molecular complexity index is 412. The maximum atomic E-state index is 11.9. The summed E-state index contributed by atoms with van der Waals surface area (Å²) < 4.78 is 0. The van der Waals surface area contributed by atoms with Crippen LogP contribution >= 0.6 is 0 Å². The third-order valence-corrected chi connectivity index (χ3v) is 4.46. The van der Waals surface area contributed by atoms with Crippen molar-refractivity contribution in [2.75, 3.05) is 0 Å². The van der Waals surface area contributed by atoms with Gasteiger partial charge in [-0.15, -0.1) is 0 Å². The molecule has 0 aromatic heterocycles. The number of hydrogen-bond donors (Lipinski definition) is 3. The van der Waals surface area contributed by atoms with E-state index in [1.54, 1.807) is 0 Å². The lowest BCUT2D eigenvalue weighted by atomic mass is 9.80. The molecule has 2 amide bonds. The number of rotatable bonds is 6. The van der Waals surface area contributed by atoms with Gasteiger partial charge in [-0.1, -0.05) is 12.8 Å². The topological polar surface area (TPSA) is 95.5 Å². The Morgan fingerprint density at radius 3 is 2.33 bits per heavy atom. The molecule has 0 aliphatic heterocycles. The molecule has 2 aliphatic carbocycles. The van der Waals surface area contributed by atoms with Crippen molar-refractivity contribution in [3.63, 3.8) is 0 Å². The van der Waals surface area contributed by atoms with E-state index in [-0.39, 0.29) is 42.2 Å². The van der Waals surface area contributed by atoms with Gasteiger partial charge in [0.05, 0.1) is 5.92 Å². The maximum Gasteiger partial charge on any atom is 0.306 e. The standard InChI is InChI=1S/C15H24N2O4/c1-9(16-14(19)10-4-2-3-5-10)6-13(18)17-12-7-11(8-12)15(20)21/h9-12H,2-8H2,1H3,(H,16,19)(H,17,18)(H,20,21). The number of carbonyl (C=O) groups excluding carboxylic acids is 2.